The topological polar surface area (TPSA) is 142 Å². The van der Waals surface area contributed by atoms with Gasteiger partial charge in [0, 0.05) is 18.3 Å². The first-order valence-electron chi connectivity index (χ1n) is 15.0. The molecule has 0 saturated carbocycles. The van der Waals surface area contributed by atoms with E-state index in [1.807, 2.05) is 30.5 Å². The van der Waals surface area contributed by atoms with Crippen molar-refractivity contribution < 1.29 is 19.0 Å². The molecule has 2 fully saturated rings. The number of rotatable bonds is 9. The second-order valence-electron chi connectivity index (χ2n) is 13.5. The van der Waals surface area contributed by atoms with Crippen LogP contribution in [-0.2, 0) is 19.6 Å². The maximum absolute atomic E-state index is 12.9. The van der Waals surface area contributed by atoms with E-state index < -0.39 is 12.0 Å². The van der Waals surface area contributed by atoms with Crippen LogP contribution in [0.2, 0.25) is 0 Å². The highest BCUT2D eigenvalue weighted by Gasteiger charge is 2.56. The monoisotopic (exact) mass is 594 g/mol. The van der Waals surface area contributed by atoms with Gasteiger partial charge in [-0.15, -0.1) is 0 Å². The van der Waals surface area contributed by atoms with Crippen molar-refractivity contribution in [2.75, 3.05) is 31.2 Å². The van der Waals surface area contributed by atoms with Gasteiger partial charge < -0.3 is 35.5 Å². The molecule has 4 N–H and O–H groups in total. The van der Waals surface area contributed by atoms with Gasteiger partial charge in [-0.25, -0.2) is 19.7 Å². The summed E-state index contributed by atoms with van der Waals surface area (Å²) in [5.41, 5.74) is 9.19. The van der Waals surface area contributed by atoms with Crippen LogP contribution in [0.15, 0.2) is 36.9 Å². The SMILES string of the molecule is CC(C)C(CCN(C)C[C@H]1O[C@@H](n2cnc3c(N)ncnc32)[C@@H]2OC(C)(C)O[C@@H]21)NC(=O)Nc1ccc(C(C)(C)C)cc1. The minimum absolute atomic E-state index is 0.00579. The summed E-state index contributed by atoms with van der Waals surface area (Å²) in [6, 6.07) is 7.81. The Morgan fingerprint density at radius 1 is 1.12 bits per heavy atom. The van der Waals surface area contributed by atoms with Gasteiger partial charge in [-0.1, -0.05) is 46.8 Å². The van der Waals surface area contributed by atoms with Crippen LogP contribution in [0.5, 0.6) is 0 Å². The fourth-order valence-electron chi connectivity index (χ4n) is 5.81. The molecule has 2 aromatic heterocycles. The van der Waals surface area contributed by atoms with Crippen LogP contribution < -0.4 is 16.4 Å². The minimum atomic E-state index is -0.744. The van der Waals surface area contributed by atoms with Crippen LogP contribution in [-0.4, -0.2) is 80.7 Å². The number of imidazole rings is 1. The van der Waals surface area contributed by atoms with Crippen LogP contribution in [0.4, 0.5) is 16.3 Å². The summed E-state index contributed by atoms with van der Waals surface area (Å²) < 4.78 is 21.0. The van der Waals surface area contributed by atoms with Gasteiger partial charge in [0.1, 0.15) is 30.2 Å². The number of fused-ring (bicyclic) bond motifs is 2. The number of urea groups is 1. The molecule has 43 heavy (non-hydrogen) atoms. The number of anilines is 2. The third-order valence-corrected chi connectivity index (χ3v) is 8.23. The average molecular weight is 595 g/mol. The molecule has 5 rings (SSSR count). The van der Waals surface area contributed by atoms with Crippen molar-refractivity contribution in [3.8, 4) is 0 Å². The number of carbonyl (C=O) groups is 1. The van der Waals surface area contributed by atoms with E-state index in [1.165, 1.54) is 11.9 Å². The lowest BCUT2D eigenvalue weighted by molar-refractivity contribution is -0.197. The highest BCUT2D eigenvalue weighted by Crippen LogP contribution is 2.44. The number of likely N-dealkylation sites (N-methyl/N-ethyl adjacent to an activating group) is 1. The lowest BCUT2D eigenvalue weighted by Crippen LogP contribution is -2.44. The van der Waals surface area contributed by atoms with Crippen molar-refractivity contribution in [3.63, 3.8) is 0 Å². The Morgan fingerprint density at radius 2 is 1.81 bits per heavy atom. The smallest absolute Gasteiger partial charge is 0.319 e. The third kappa shape index (κ3) is 6.93. The molecule has 0 aliphatic carbocycles. The van der Waals surface area contributed by atoms with Crippen molar-refractivity contribution >= 4 is 28.7 Å². The number of benzene rings is 1. The molecule has 12 nitrogen and oxygen atoms in total. The summed E-state index contributed by atoms with van der Waals surface area (Å²) in [5.74, 6) is -0.166. The van der Waals surface area contributed by atoms with Gasteiger partial charge in [0.2, 0.25) is 0 Å². The highest BCUT2D eigenvalue weighted by atomic mass is 16.8. The minimum Gasteiger partial charge on any atom is -0.382 e. The number of ether oxygens (including phenoxy) is 3. The molecule has 1 unspecified atom stereocenters. The summed E-state index contributed by atoms with van der Waals surface area (Å²) >= 11 is 0. The molecular formula is C31H46N8O4. The molecule has 2 aliphatic rings. The molecule has 0 bridgehead atoms. The molecule has 3 aromatic rings. The van der Waals surface area contributed by atoms with E-state index in [-0.39, 0.29) is 41.7 Å². The Kier molecular flexibility index (Phi) is 8.68. The normalized spacial score (nSPS) is 24.0. The summed E-state index contributed by atoms with van der Waals surface area (Å²) in [6.07, 6.45) is 2.54. The Morgan fingerprint density at radius 3 is 2.49 bits per heavy atom. The molecule has 5 atom stereocenters. The van der Waals surface area contributed by atoms with Gasteiger partial charge in [0.05, 0.1) is 6.33 Å². The van der Waals surface area contributed by atoms with Crippen molar-refractivity contribution in [3.05, 3.63) is 42.5 Å². The van der Waals surface area contributed by atoms with Crippen molar-refractivity contribution in [2.45, 2.75) is 96.7 Å². The number of nitrogens with one attached hydrogen (secondary N) is 2. The van der Waals surface area contributed by atoms with Crippen molar-refractivity contribution in [1.82, 2.24) is 29.7 Å². The zero-order valence-corrected chi connectivity index (χ0v) is 26.5. The molecule has 2 aliphatic heterocycles. The van der Waals surface area contributed by atoms with Crippen LogP contribution in [0.3, 0.4) is 0 Å². The van der Waals surface area contributed by atoms with E-state index in [0.29, 0.717) is 23.5 Å². The first-order chi connectivity index (χ1) is 20.2. The average Bonchev–Trinajstić information content (AvgIpc) is 3.58. The number of carbonyl (C=O) groups excluding carboxylic acids is 1. The number of hydrogen-bond acceptors (Lipinski definition) is 9. The Bertz CT molecular complexity index is 1420. The zero-order chi connectivity index (χ0) is 31.1. The number of nitrogen functional groups attached to an aromatic ring is 1. The Balaban J connectivity index is 1.19. The van der Waals surface area contributed by atoms with E-state index in [1.54, 1.807) is 6.33 Å². The lowest BCUT2D eigenvalue weighted by atomic mass is 9.87. The van der Waals surface area contributed by atoms with E-state index in [0.717, 1.165) is 18.7 Å². The van der Waals surface area contributed by atoms with Gasteiger partial charge >= 0.3 is 6.03 Å². The molecule has 0 radical (unpaired) electrons. The Labute approximate surface area is 253 Å². The number of nitrogens with zero attached hydrogens (tertiary/aromatic N) is 5. The molecule has 2 saturated heterocycles. The summed E-state index contributed by atoms with van der Waals surface area (Å²) in [7, 11) is 2.06. The summed E-state index contributed by atoms with van der Waals surface area (Å²) in [5, 5.41) is 6.15. The van der Waals surface area contributed by atoms with Crippen molar-refractivity contribution in [1.29, 1.82) is 0 Å². The zero-order valence-electron chi connectivity index (χ0n) is 26.5. The van der Waals surface area contributed by atoms with E-state index >= 15 is 0 Å². The lowest BCUT2D eigenvalue weighted by Gasteiger charge is -2.29. The maximum Gasteiger partial charge on any atom is 0.319 e. The quantitative estimate of drug-likeness (QED) is 0.331. The number of nitrogens with two attached hydrogens (primary N) is 1. The van der Waals surface area contributed by atoms with Gasteiger partial charge in [0.25, 0.3) is 0 Å². The second-order valence-corrected chi connectivity index (χ2v) is 13.5. The van der Waals surface area contributed by atoms with Gasteiger partial charge in [-0.05, 0) is 62.9 Å². The first-order valence-corrected chi connectivity index (χ1v) is 15.0. The molecule has 4 heterocycles. The Hall–Kier alpha value is -3.32. The number of amides is 2. The van der Waals surface area contributed by atoms with Gasteiger partial charge in [0.15, 0.2) is 23.5 Å². The molecule has 12 heteroatoms. The molecular weight excluding hydrogens is 548 g/mol. The van der Waals surface area contributed by atoms with Crippen LogP contribution >= 0.6 is 0 Å². The molecule has 2 amide bonds. The largest absolute Gasteiger partial charge is 0.382 e. The number of aromatic nitrogens is 4. The maximum atomic E-state index is 12.9. The van der Waals surface area contributed by atoms with Gasteiger partial charge in [-0.3, -0.25) is 4.57 Å². The van der Waals surface area contributed by atoms with E-state index in [4.69, 9.17) is 19.9 Å². The predicted octanol–water partition coefficient (Wildman–Crippen LogP) is 4.29. The highest BCUT2D eigenvalue weighted by molar-refractivity contribution is 5.89. The first kappa shape index (κ1) is 31.1. The number of hydrogen-bond donors (Lipinski definition) is 3. The standard InChI is InChI=1S/C31H46N8O4/c1-18(2)21(37-29(40)36-20-11-9-19(10-12-20)30(3,4)5)13-14-38(8)15-22-24-25(43-31(6,7)42-24)28(41-22)39-17-35-23-26(32)33-16-34-27(23)39/h9-12,16-18,21-22,24-25,28H,13-15H2,1-8H3,(H2,32,33,34)(H2,36,37,40)/t21?,22-,24-,25-,28-/m1/s1. The van der Waals surface area contributed by atoms with Crippen LogP contribution in [0.1, 0.15) is 66.7 Å². The van der Waals surface area contributed by atoms with Crippen LogP contribution in [0.25, 0.3) is 11.2 Å². The third-order valence-electron chi connectivity index (χ3n) is 8.23. The van der Waals surface area contributed by atoms with E-state index in [2.05, 4.69) is 84.3 Å². The summed E-state index contributed by atoms with van der Waals surface area (Å²) in [4.78, 5) is 27.9. The molecule has 234 valence electrons. The molecule has 0 spiro atoms. The van der Waals surface area contributed by atoms with Crippen molar-refractivity contribution in [2.24, 2.45) is 5.92 Å². The fourth-order valence-corrected chi connectivity index (χ4v) is 5.81. The fraction of sp³-hybridized carbons (Fsp3) is 0.613. The second kappa shape index (κ2) is 12.0. The summed E-state index contributed by atoms with van der Waals surface area (Å²) in [6.45, 7) is 16.0. The van der Waals surface area contributed by atoms with E-state index in [9.17, 15) is 4.79 Å². The van der Waals surface area contributed by atoms with Gasteiger partial charge in [-0.2, -0.15) is 0 Å². The molecule has 1 aromatic carbocycles. The predicted molar refractivity (Wildman–Crippen MR) is 166 cm³/mol. The van der Waals surface area contributed by atoms with Crippen LogP contribution in [0, 0.1) is 5.92 Å².